The predicted octanol–water partition coefficient (Wildman–Crippen LogP) is 2.06. The first-order valence-corrected chi connectivity index (χ1v) is 8.98. The van der Waals surface area contributed by atoms with Gasteiger partial charge in [0.25, 0.3) is 5.91 Å². The molecule has 1 saturated heterocycles. The van der Waals surface area contributed by atoms with E-state index in [-0.39, 0.29) is 28.5 Å². The molecule has 2 unspecified atom stereocenters. The predicted molar refractivity (Wildman–Crippen MR) is 81.8 cm³/mol. The highest BCUT2D eigenvalue weighted by Crippen LogP contribution is 2.32. The second-order valence-corrected chi connectivity index (χ2v) is 7.93. The molecule has 0 saturated carbocycles. The average Bonchev–Trinajstić information content (AvgIpc) is 2.74. The number of ether oxygens (including phenoxy) is 1. The van der Waals surface area contributed by atoms with Crippen LogP contribution in [-0.4, -0.2) is 38.0 Å². The summed E-state index contributed by atoms with van der Waals surface area (Å²) in [5.74, 6) is 0.00968. The molecule has 5 nitrogen and oxygen atoms in total. The topological polar surface area (TPSA) is 72.5 Å². The zero-order valence-electron chi connectivity index (χ0n) is 11.3. The zero-order chi connectivity index (χ0) is 15.6. The lowest BCUT2D eigenvalue weighted by Crippen LogP contribution is -2.43. The third kappa shape index (κ3) is 4.25. The fourth-order valence-electron chi connectivity index (χ4n) is 2.05. The highest BCUT2D eigenvalue weighted by atomic mass is 35.5. The fraction of sp³-hybridized carbons (Fsp3) is 0.462. The molecule has 1 amide bonds. The molecular weight excluding hydrogens is 337 g/mol. The Balaban J connectivity index is 1.95. The van der Waals surface area contributed by atoms with Gasteiger partial charge in [-0.05, 0) is 25.5 Å². The summed E-state index contributed by atoms with van der Waals surface area (Å²) in [5.41, 5.74) is 0. The number of rotatable bonds is 4. The molecule has 1 aliphatic heterocycles. The summed E-state index contributed by atoms with van der Waals surface area (Å²) in [4.78, 5) is 12.0. The number of carbonyl (C=O) groups excluding carboxylic acids is 1. The van der Waals surface area contributed by atoms with E-state index >= 15 is 0 Å². The maximum absolute atomic E-state index is 12.0. The number of amides is 1. The maximum Gasteiger partial charge on any atom is 0.261 e. The smallest absolute Gasteiger partial charge is 0.261 e. The van der Waals surface area contributed by atoms with Crippen LogP contribution in [0, 0.1) is 0 Å². The first-order chi connectivity index (χ1) is 9.78. The molecule has 0 aromatic heterocycles. The summed E-state index contributed by atoms with van der Waals surface area (Å²) in [6.45, 7) is 1.57. The van der Waals surface area contributed by atoms with Crippen molar-refractivity contribution in [2.75, 3.05) is 11.5 Å². The van der Waals surface area contributed by atoms with Gasteiger partial charge >= 0.3 is 0 Å². The standard InChI is InChI=1S/C13H15Cl2NO4S/c1-8(20-11-4-2-3-10(14)12(11)15)13(17)16-9-5-6-21(18,19)7-9/h2-4,8-9H,5-7H2,1H3,(H,16,17). The van der Waals surface area contributed by atoms with Gasteiger partial charge in [0.15, 0.2) is 15.9 Å². The van der Waals surface area contributed by atoms with E-state index in [2.05, 4.69) is 5.32 Å². The van der Waals surface area contributed by atoms with Crippen LogP contribution in [0.15, 0.2) is 18.2 Å². The maximum atomic E-state index is 12.0. The molecule has 1 aliphatic rings. The van der Waals surface area contributed by atoms with Gasteiger partial charge < -0.3 is 10.1 Å². The molecule has 8 heteroatoms. The van der Waals surface area contributed by atoms with Crippen LogP contribution in [0.4, 0.5) is 0 Å². The first-order valence-electron chi connectivity index (χ1n) is 6.40. The second-order valence-electron chi connectivity index (χ2n) is 4.92. The van der Waals surface area contributed by atoms with E-state index in [1.54, 1.807) is 25.1 Å². The minimum Gasteiger partial charge on any atom is -0.479 e. The SMILES string of the molecule is CC(Oc1cccc(Cl)c1Cl)C(=O)NC1CCS(=O)(=O)C1. The number of nitrogens with one attached hydrogen (secondary N) is 1. The second kappa shape index (κ2) is 6.42. The molecule has 2 atom stereocenters. The Morgan fingerprint density at radius 3 is 2.76 bits per heavy atom. The van der Waals surface area contributed by atoms with Crippen molar-refractivity contribution >= 4 is 38.9 Å². The van der Waals surface area contributed by atoms with Gasteiger partial charge in [-0.25, -0.2) is 8.42 Å². The lowest BCUT2D eigenvalue weighted by Gasteiger charge is -2.18. The van der Waals surface area contributed by atoms with Gasteiger partial charge in [-0.2, -0.15) is 0 Å². The molecule has 1 heterocycles. The molecule has 1 N–H and O–H groups in total. The molecule has 1 fully saturated rings. The molecule has 0 radical (unpaired) electrons. The number of hydrogen-bond acceptors (Lipinski definition) is 4. The molecule has 0 spiro atoms. The Hall–Kier alpha value is -0.980. The van der Waals surface area contributed by atoms with Gasteiger partial charge in [-0.15, -0.1) is 0 Å². The monoisotopic (exact) mass is 351 g/mol. The van der Waals surface area contributed by atoms with Crippen molar-refractivity contribution in [3.8, 4) is 5.75 Å². The number of carbonyl (C=O) groups is 1. The van der Waals surface area contributed by atoms with E-state index in [4.69, 9.17) is 27.9 Å². The highest BCUT2D eigenvalue weighted by molar-refractivity contribution is 7.91. The molecule has 1 aromatic rings. The van der Waals surface area contributed by atoms with E-state index in [1.165, 1.54) is 0 Å². The van der Waals surface area contributed by atoms with E-state index < -0.39 is 15.9 Å². The van der Waals surface area contributed by atoms with Crippen LogP contribution in [-0.2, 0) is 14.6 Å². The quantitative estimate of drug-likeness (QED) is 0.900. The molecule has 2 rings (SSSR count). The minimum atomic E-state index is -3.03. The van der Waals surface area contributed by atoms with E-state index in [1.807, 2.05) is 0 Å². The van der Waals surface area contributed by atoms with Crippen LogP contribution in [0.25, 0.3) is 0 Å². The van der Waals surface area contributed by atoms with Crippen LogP contribution >= 0.6 is 23.2 Å². The molecule has 21 heavy (non-hydrogen) atoms. The number of sulfone groups is 1. The summed E-state index contributed by atoms with van der Waals surface area (Å²) >= 11 is 11.8. The van der Waals surface area contributed by atoms with Crippen molar-refractivity contribution in [1.29, 1.82) is 0 Å². The van der Waals surface area contributed by atoms with Gasteiger partial charge in [-0.3, -0.25) is 4.79 Å². The molecule has 116 valence electrons. The fourth-order valence-corrected chi connectivity index (χ4v) is 4.06. The van der Waals surface area contributed by atoms with Gasteiger partial charge in [0, 0.05) is 6.04 Å². The van der Waals surface area contributed by atoms with Crippen LogP contribution in [0.1, 0.15) is 13.3 Å². The van der Waals surface area contributed by atoms with E-state index in [0.717, 1.165) is 0 Å². The number of halogens is 2. The van der Waals surface area contributed by atoms with Crippen LogP contribution in [0.5, 0.6) is 5.75 Å². The highest BCUT2D eigenvalue weighted by Gasteiger charge is 2.30. The average molecular weight is 352 g/mol. The van der Waals surface area contributed by atoms with Gasteiger partial charge in [0.2, 0.25) is 0 Å². The van der Waals surface area contributed by atoms with Crippen molar-refractivity contribution in [3.63, 3.8) is 0 Å². The van der Waals surface area contributed by atoms with Gasteiger partial charge in [-0.1, -0.05) is 29.3 Å². The zero-order valence-corrected chi connectivity index (χ0v) is 13.6. The lowest BCUT2D eigenvalue weighted by molar-refractivity contribution is -0.127. The van der Waals surface area contributed by atoms with Crippen molar-refractivity contribution in [2.45, 2.75) is 25.5 Å². The van der Waals surface area contributed by atoms with Crippen molar-refractivity contribution in [1.82, 2.24) is 5.32 Å². The Bertz CT molecular complexity index is 648. The lowest BCUT2D eigenvalue weighted by atomic mass is 10.2. The Morgan fingerprint density at radius 2 is 2.14 bits per heavy atom. The number of benzene rings is 1. The summed E-state index contributed by atoms with van der Waals surface area (Å²) in [6, 6.07) is 4.53. The largest absolute Gasteiger partial charge is 0.479 e. The minimum absolute atomic E-state index is 0.0244. The summed E-state index contributed by atoms with van der Waals surface area (Å²) in [6.07, 6.45) is -0.372. The van der Waals surface area contributed by atoms with Crippen LogP contribution in [0.3, 0.4) is 0 Å². The van der Waals surface area contributed by atoms with E-state index in [0.29, 0.717) is 17.2 Å². The molecule has 0 aliphatic carbocycles. The van der Waals surface area contributed by atoms with E-state index in [9.17, 15) is 13.2 Å². The van der Waals surface area contributed by atoms with Crippen LogP contribution < -0.4 is 10.1 Å². The third-order valence-electron chi connectivity index (χ3n) is 3.17. The summed E-state index contributed by atoms with van der Waals surface area (Å²) in [7, 11) is -3.03. The van der Waals surface area contributed by atoms with Gasteiger partial charge in [0.05, 0.1) is 16.5 Å². The van der Waals surface area contributed by atoms with Crippen molar-refractivity contribution < 1.29 is 17.9 Å². The molecule has 1 aromatic carbocycles. The Kier molecular flexibility index (Phi) is 5.01. The van der Waals surface area contributed by atoms with Crippen molar-refractivity contribution in [2.24, 2.45) is 0 Å². The normalized spacial score (nSPS) is 21.8. The Labute approximate surface area is 133 Å². The first kappa shape index (κ1) is 16.4. The van der Waals surface area contributed by atoms with Crippen LogP contribution in [0.2, 0.25) is 10.0 Å². The molecular formula is C13H15Cl2NO4S. The van der Waals surface area contributed by atoms with Gasteiger partial charge in [0.1, 0.15) is 10.8 Å². The summed E-state index contributed by atoms with van der Waals surface area (Å²) in [5, 5.41) is 3.24. The third-order valence-corrected chi connectivity index (χ3v) is 5.74. The Morgan fingerprint density at radius 1 is 1.43 bits per heavy atom. The van der Waals surface area contributed by atoms with Crippen molar-refractivity contribution in [3.05, 3.63) is 28.2 Å². The number of hydrogen-bond donors (Lipinski definition) is 1. The molecule has 0 bridgehead atoms. The summed E-state index contributed by atoms with van der Waals surface area (Å²) < 4.78 is 28.2.